The van der Waals surface area contributed by atoms with Crippen LogP contribution in [-0.2, 0) is 16.5 Å². The molecule has 0 amide bonds. The van der Waals surface area contributed by atoms with Crippen molar-refractivity contribution in [1.82, 2.24) is 0 Å². The normalized spacial score (nSPS) is 11.9. The molecule has 4 heteroatoms. The standard InChI is InChI=1S/C21H30O3S/c1-2-3-4-5-6-7-8-9-10-12-18-15-16-19-13-11-14-21(20(19)17-18)25(22,23)24/h11,13-17H,2-10,12H2,1H3,(H,22,23,24). The molecule has 0 aliphatic carbocycles. The van der Waals surface area contributed by atoms with E-state index in [1.54, 1.807) is 6.07 Å². The van der Waals surface area contributed by atoms with Crippen LogP contribution >= 0.6 is 0 Å². The Morgan fingerprint density at radius 1 is 0.840 bits per heavy atom. The summed E-state index contributed by atoms with van der Waals surface area (Å²) in [4.78, 5) is -0.000991. The Bertz CT molecular complexity index is 766. The van der Waals surface area contributed by atoms with E-state index in [9.17, 15) is 13.0 Å². The third-order valence-electron chi connectivity index (χ3n) is 4.75. The lowest BCUT2D eigenvalue weighted by Crippen LogP contribution is -1.99. The summed E-state index contributed by atoms with van der Waals surface area (Å²) >= 11 is 0. The molecular weight excluding hydrogens is 332 g/mol. The molecular formula is C21H30O3S. The minimum Gasteiger partial charge on any atom is -0.282 e. The number of fused-ring (bicyclic) bond motifs is 1. The smallest absolute Gasteiger partial charge is 0.282 e. The third kappa shape index (κ3) is 6.44. The molecule has 25 heavy (non-hydrogen) atoms. The van der Waals surface area contributed by atoms with Crippen LogP contribution in [0.3, 0.4) is 0 Å². The van der Waals surface area contributed by atoms with Crippen molar-refractivity contribution in [2.24, 2.45) is 0 Å². The van der Waals surface area contributed by atoms with Gasteiger partial charge in [-0.1, -0.05) is 82.6 Å². The van der Waals surface area contributed by atoms with Crippen molar-refractivity contribution in [3.05, 3.63) is 42.0 Å². The molecule has 0 heterocycles. The highest BCUT2D eigenvalue weighted by Crippen LogP contribution is 2.25. The molecule has 138 valence electrons. The molecule has 0 fully saturated rings. The van der Waals surface area contributed by atoms with Gasteiger partial charge in [-0.25, -0.2) is 0 Å². The molecule has 0 aromatic heterocycles. The highest BCUT2D eigenvalue weighted by atomic mass is 32.2. The van der Waals surface area contributed by atoms with Gasteiger partial charge in [0.05, 0.1) is 0 Å². The Hall–Kier alpha value is -1.39. The first-order chi connectivity index (χ1) is 12.0. The van der Waals surface area contributed by atoms with Crippen LogP contribution in [-0.4, -0.2) is 13.0 Å². The summed E-state index contributed by atoms with van der Waals surface area (Å²) < 4.78 is 32.5. The predicted octanol–water partition coefficient (Wildman–Crippen LogP) is 6.16. The van der Waals surface area contributed by atoms with Gasteiger partial charge >= 0.3 is 0 Å². The fraction of sp³-hybridized carbons (Fsp3) is 0.524. The first-order valence-electron chi connectivity index (χ1n) is 9.51. The van der Waals surface area contributed by atoms with Gasteiger partial charge in [-0.3, -0.25) is 4.55 Å². The molecule has 0 saturated heterocycles. The molecule has 0 spiro atoms. The van der Waals surface area contributed by atoms with E-state index >= 15 is 0 Å². The fourth-order valence-electron chi connectivity index (χ4n) is 3.31. The van der Waals surface area contributed by atoms with E-state index in [1.165, 1.54) is 57.4 Å². The summed E-state index contributed by atoms with van der Waals surface area (Å²) in [6, 6.07) is 10.9. The van der Waals surface area contributed by atoms with Crippen molar-refractivity contribution < 1.29 is 13.0 Å². The van der Waals surface area contributed by atoms with E-state index in [4.69, 9.17) is 0 Å². The highest BCUT2D eigenvalue weighted by Gasteiger charge is 2.13. The van der Waals surface area contributed by atoms with Gasteiger partial charge in [0.15, 0.2) is 0 Å². The largest absolute Gasteiger partial charge is 0.295 e. The average Bonchev–Trinajstić information content (AvgIpc) is 2.59. The lowest BCUT2D eigenvalue weighted by Gasteiger charge is -2.07. The highest BCUT2D eigenvalue weighted by molar-refractivity contribution is 7.86. The van der Waals surface area contributed by atoms with Crippen molar-refractivity contribution in [2.45, 2.75) is 76.0 Å². The Balaban J connectivity index is 1.84. The molecule has 0 aliphatic heterocycles. The van der Waals surface area contributed by atoms with Crippen molar-refractivity contribution in [3.63, 3.8) is 0 Å². The quantitative estimate of drug-likeness (QED) is 0.385. The molecule has 0 atom stereocenters. The number of unbranched alkanes of at least 4 members (excludes halogenated alkanes) is 8. The van der Waals surface area contributed by atoms with Crippen LogP contribution in [0, 0.1) is 0 Å². The van der Waals surface area contributed by atoms with Crippen LogP contribution in [0.2, 0.25) is 0 Å². The van der Waals surface area contributed by atoms with Crippen molar-refractivity contribution in [2.75, 3.05) is 0 Å². The van der Waals surface area contributed by atoms with Crippen molar-refractivity contribution in [1.29, 1.82) is 0 Å². The summed E-state index contributed by atoms with van der Waals surface area (Å²) in [5.74, 6) is 0. The lowest BCUT2D eigenvalue weighted by atomic mass is 10.0. The van der Waals surface area contributed by atoms with Crippen LogP contribution in [0.4, 0.5) is 0 Å². The molecule has 2 aromatic rings. The molecule has 0 aliphatic rings. The van der Waals surface area contributed by atoms with E-state index in [1.807, 2.05) is 18.2 Å². The Morgan fingerprint density at radius 3 is 2.12 bits per heavy atom. The second-order valence-electron chi connectivity index (χ2n) is 6.87. The molecule has 0 saturated carbocycles. The average molecular weight is 363 g/mol. The van der Waals surface area contributed by atoms with E-state index in [0.29, 0.717) is 5.39 Å². The second-order valence-corrected chi connectivity index (χ2v) is 8.26. The van der Waals surface area contributed by atoms with Gasteiger partial charge in [-0.2, -0.15) is 8.42 Å². The van der Waals surface area contributed by atoms with Crippen LogP contribution < -0.4 is 0 Å². The summed E-state index contributed by atoms with van der Waals surface area (Å²) in [6.07, 6.45) is 12.6. The van der Waals surface area contributed by atoms with Crippen LogP contribution in [0.1, 0.15) is 70.3 Å². The van der Waals surface area contributed by atoms with Gasteiger partial charge in [0.25, 0.3) is 10.1 Å². The Labute approximate surface area is 152 Å². The second kappa shape index (κ2) is 9.93. The first-order valence-corrected chi connectivity index (χ1v) is 11.0. The monoisotopic (exact) mass is 362 g/mol. The van der Waals surface area contributed by atoms with Gasteiger partial charge in [0, 0.05) is 5.39 Å². The topological polar surface area (TPSA) is 54.4 Å². The van der Waals surface area contributed by atoms with Gasteiger partial charge in [0.2, 0.25) is 0 Å². The molecule has 0 radical (unpaired) electrons. The predicted molar refractivity (Wildman–Crippen MR) is 105 cm³/mol. The van der Waals surface area contributed by atoms with E-state index < -0.39 is 10.1 Å². The summed E-state index contributed by atoms with van der Waals surface area (Å²) in [6.45, 7) is 2.24. The molecule has 3 nitrogen and oxygen atoms in total. The number of rotatable bonds is 11. The Kier molecular flexibility index (Phi) is 7.91. The molecule has 2 rings (SSSR count). The van der Waals surface area contributed by atoms with Crippen LogP contribution in [0.15, 0.2) is 41.3 Å². The minimum atomic E-state index is -4.19. The van der Waals surface area contributed by atoms with E-state index in [-0.39, 0.29) is 4.90 Å². The maximum absolute atomic E-state index is 11.5. The van der Waals surface area contributed by atoms with Crippen LogP contribution in [0.25, 0.3) is 10.8 Å². The van der Waals surface area contributed by atoms with Gasteiger partial charge in [-0.15, -0.1) is 0 Å². The summed E-state index contributed by atoms with van der Waals surface area (Å²) in [5, 5.41) is 1.45. The zero-order valence-corrected chi connectivity index (χ0v) is 16.0. The maximum atomic E-state index is 11.5. The maximum Gasteiger partial charge on any atom is 0.295 e. The molecule has 0 bridgehead atoms. The first kappa shape index (κ1) is 19.9. The molecule has 1 N–H and O–H groups in total. The number of hydrogen-bond donors (Lipinski definition) is 1. The third-order valence-corrected chi connectivity index (χ3v) is 5.67. The zero-order valence-electron chi connectivity index (χ0n) is 15.2. The SMILES string of the molecule is CCCCCCCCCCCc1ccc2cccc(S(=O)(=O)O)c2c1. The fourth-order valence-corrected chi connectivity index (χ4v) is 4.02. The van der Waals surface area contributed by atoms with E-state index in [2.05, 4.69) is 13.0 Å². The number of hydrogen-bond acceptors (Lipinski definition) is 2. The Morgan fingerprint density at radius 2 is 1.48 bits per heavy atom. The summed E-state index contributed by atoms with van der Waals surface area (Å²) in [7, 11) is -4.19. The van der Waals surface area contributed by atoms with Gasteiger partial charge < -0.3 is 0 Å². The summed E-state index contributed by atoms with van der Waals surface area (Å²) in [5.41, 5.74) is 1.13. The molecule has 0 unspecified atom stereocenters. The van der Waals surface area contributed by atoms with Gasteiger partial charge in [-0.05, 0) is 35.9 Å². The van der Waals surface area contributed by atoms with Gasteiger partial charge in [0.1, 0.15) is 4.90 Å². The van der Waals surface area contributed by atoms with Crippen molar-refractivity contribution in [3.8, 4) is 0 Å². The zero-order chi connectivity index (χ0) is 18.1. The number of aryl methyl sites for hydroxylation is 1. The van der Waals surface area contributed by atoms with Crippen molar-refractivity contribution >= 4 is 20.9 Å². The minimum absolute atomic E-state index is 0.000991. The van der Waals surface area contributed by atoms with E-state index in [0.717, 1.165) is 23.8 Å². The molecule has 2 aromatic carbocycles. The van der Waals surface area contributed by atoms with Crippen LogP contribution in [0.5, 0.6) is 0 Å². The number of benzene rings is 2. The lowest BCUT2D eigenvalue weighted by molar-refractivity contribution is 0.484.